The van der Waals surface area contributed by atoms with Crippen molar-refractivity contribution in [3.63, 3.8) is 0 Å². The number of hydrogen-bond acceptors (Lipinski definition) is 2. The lowest BCUT2D eigenvalue weighted by atomic mass is 10.3. The fourth-order valence-electron chi connectivity index (χ4n) is 0.869. The van der Waals surface area contributed by atoms with E-state index in [-0.39, 0.29) is 34.6 Å². The van der Waals surface area contributed by atoms with E-state index in [2.05, 4.69) is 0 Å². The Kier molecular flexibility index (Phi) is 4.08. The van der Waals surface area contributed by atoms with E-state index >= 15 is 0 Å². The Hall–Kier alpha value is -0.720. The van der Waals surface area contributed by atoms with Crippen molar-refractivity contribution in [2.24, 2.45) is 7.05 Å². The molecule has 0 aromatic carbocycles. The van der Waals surface area contributed by atoms with E-state index in [0.29, 0.717) is 5.69 Å². The van der Waals surface area contributed by atoms with Crippen LogP contribution in [0.25, 0.3) is 0 Å². The van der Waals surface area contributed by atoms with Crippen molar-refractivity contribution < 1.29 is 33.5 Å². The van der Waals surface area contributed by atoms with Crippen LogP contribution in [0.1, 0.15) is 5.69 Å². The van der Waals surface area contributed by atoms with Gasteiger partial charge in [-0.05, 0) is 0 Å². The first kappa shape index (κ1) is 11.3. The van der Waals surface area contributed by atoms with Crippen molar-refractivity contribution in [1.82, 2.24) is 0 Å². The Morgan fingerprint density at radius 2 is 2.17 bits per heavy atom. The number of rotatable bonds is 1. The summed E-state index contributed by atoms with van der Waals surface area (Å²) >= 11 is 0. The quantitative estimate of drug-likeness (QED) is 0.252. The number of hydrogen-bond donors (Lipinski definition) is 0. The van der Waals surface area contributed by atoms with Gasteiger partial charge in [0.2, 0.25) is 0 Å². The Balaban J connectivity index is 0.00000121. The van der Waals surface area contributed by atoms with Crippen molar-refractivity contribution in [3.8, 4) is 0 Å². The van der Waals surface area contributed by atoms with Crippen LogP contribution in [0.4, 0.5) is 5.69 Å². The molecule has 1 rings (SSSR count). The highest BCUT2D eigenvalue weighted by Crippen LogP contribution is 2.10. The first-order valence-electron chi connectivity index (χ1n) is 3.22. The van der Waals surface area contributed by atoms with Gasteiger partial charge in [0.15, 0.2) is 6.20 Å². The van der Waals surface area contributed by atoms with Crippen LogP contribution < -0.4 is 28.5 Å². The zero-order valence-electron chi connectivity index (χ0n) is 6.82. The van der Waals surface area contributed by atoms with Crippen LogP contribution >= 0.6 is 0 Å². The summed E-state index contributed by atoms with van der Waals surface area (Å²) in [7, 11) is 1.78. The summed E-state index contributed by atoms with van der Waals surface area (Å²) in [6, 6.07) is 3.15. The van der Waals surface area contributed by atoms with Crippen LogP contribution in [0.3, 0.4) is 0 Å². The summed E-state index contributed by atoms with van der Waals surface area (Å²) in [4.78, 5) is 9.99. The standard InChI is InChI=1S/C7H9N2O2.HI/c1-6-7(9(10)11)4-3-5-8(6)2;/h3-5H,1-2H3;1H/q+1;/p-1. The normalized spacial score (nSPS) is 8.83. The van der Waals surface area contributed by atoms with Gasteiger partial charge in [-0.2, -0.15) is 4.57 Å². The Bertz CT molecular complexity index is 301. The Morgan fingerprint density at radius 1 is 1.58 bits per heavy atom. The van der Waals surface area contributed by atoms with Crippen molar-refractivity contribution >= 4 is 5.69 Å². The van der Waals surface area contributed by atoms with Crippen LogP contribution in [0.2, 0.25) is 0 Å². The number of pyridine rings is 1. The Morgan fingerprint density at radius 3 is 2.58 bits per heavy atom. The molecule has 5 heteroatoms. The van der Waals surface area contributed by atoms with Crippen molar-refractivity contribution in [2.45, 2.75) is 6.92 Å². The highest BCUT2D eigenvalue weighted by Gasteiger charge is 2.16. The molecule has 66 valence electrons. The summed E-state index contributed by atoms with van der Waals surface area (Å²) in [5.74, 6) is 0. The van der Waals surface area contributed by atoms with Crippen LogP contribution in [0.5, 0.6) is 0 Å². The average Bonchev–Trinajstić information content (AvgIpc) is 1.94. The SMILES string of the molecule is Cc1c([N+](=O)[O-])ccc[n+]1C.[I-]. The lowest BCUT2D eigenvalue weighted by molar-refractivity contribution is -0.680. The van der Waals surface area contributed by atoms with Crippen LogP contribution in [-0.4, -0.2) is 4.92 Å². The second-order valence-electron chi connectivity index (χ2n) is 2.35. The molecule has 0 aliphatic rings. The highest BCUT2D eigenvalue weighted by atomic mass is 127. The third-order valence-corrected chi connectivity index (χ3v) is 1.66. The van der Waals surface area contributed by atoms with Gasteiger partial charge in [-0.15, -0.1) is 0 Å². The van der Waals surface area contributed by atoms with Gasteiger partial charge in [0.05, 0.1) is 4.92 Å². The maximum absolute atomic E-state index is 10.4. The number of nitro groups is 1. The first-order chi connectivity index (χ1) is 5.13. The van der Waals surface area contributed by atoms with Gasteiger partial charge in [0, 0.05) is 19.1 Å². The molecule has 1 aromatic heterocycles. The van der Waals surface area contributed by atoms with Crippen LogP contribution in [0, 0.1) is 17.0 Å². The molecule has 1 aromatic rings. The molecular weight excluding hydrogens is 271 g/mol. The molecule has 0 saturated heterocycles. The average molecular weight is 280 g/mol. The monoisotopic (exact) mass is 280 g/mol. The second-order valence-corrected chi connectivity index (χ2v) is 2.35. The molecule has 0 aliphatic heterocycles. The van der Waals surface area contributed by atoms with Crippen LogP contribution in [-0.2, 0) is 7.05 Å². The largest absolute Gasteiger partial charge is 1.00 e. The maximum Gasteiger partial charge on any atom is 0.335 e. The zero-order valence-corrected chi connectivity index (χ0v) is 8.98. The fourth-order valence-corrected chi connectivity index (χ4v) is 0.869. The molecule has 0 fully saturated rings. The van der Waals surface area contributed by atoms with E-state index in [9.17, 15) is 10.1 Å². The molecule has 0 saturated carbocycles. The number of nitrogens with zero attached hydrogens (tertiary/aromatic N) is 2. The minimum atomic E-state index is -0.380. The van der Waals surface area contributed by atoms with Gasteiger partial charge in [0.1, 0.15) is 7.05 Å². The molecule has 0 amide bonds. The first-order valence-corrected chi connectivity index (χ1v) is 3.22. The van der Waals surface area contributed by atoms with Gasteiger partial charge < -0.3 is 24.0 Å². The van der Waals surface area contributed by atoms with Gasteiger partial charge in [-0.1, -0.05) is 0 Å². The lowest BCUT2D eigenvalue weighted by Gasteiger charge is -1.93. The summed E-state index contributed by atoms with van der Waals surface area (Å²) in [5.41, 5.74) is 0.826. The molecule has 0 unspecified atom stereocenters. The third kappa shape index (κ3) is 2.13. The molecule has 0 aliphatic carbocycles. The van der Waals surface area contributed by atoms with E-state index in [0.717, 1.165) is 0 Å². The number of aromatic nitrogens is 1. The summed E-state index contributed by atoms with van der Waals surface area (Å²) in [5, 5.41) is 10.4. The van der Waals surface area contributed by atoms with E-state index in [1.54, 1.807) is 30.8 Å². The van der Waals surface area contributed by atoms with Gasteiger partial charge >= 0.3 is 5.69 Å². The molecule has 0 atom stereocenters. The predicted octanol–water partition coefficient (Wildman–Crippen LogP) is -2.27. The lowest BCUT2D eigenvalue weighted by Crippen LogP contribution is -3.00. The Labute approximate surface area is 87.4 Å². The van der Waals surface area contributed by atoms with Gasteiger partial charge in [0.25, 0.3) is 5.69 Å². The van der Waals surface area contributed by atoms with Gasteiger partial charge in [-0.3, -0.25) is 10.1 Å². The highest BCUT2D eigenvalue weighted by molar-refractivity contribution is 5.29. The maximum atomic E-state index is 10.4. The van der Waals surface area contributed by atoms with Crippen molar-refractivity contribution in [3.05, 3.63) is 34.1 Å². The van der Waals surface area contributed by atoms with Gasteiger partial charge in [-0.25, -0.2) is 0 Å². The van der Waals surface area contributed by atoms with E-state index < -0.39 is 0 Å². The fraction of sp³-hybridized carbons (Fsp3) is 0.286. The molecular formula is C7H9IN2O2. The third-order valence-electron chi connectivity index (χ3n) is 1.66. The number of halogens is 1. The summed E-state index contributed by atoms with van der Waals surface area (Å²) in [6.07, 6.45) is 1.78. The molecule has 4 nitrogen and oxygen atoms in total. The topological polar surface area (TPSA) is 47.0 Å². The molecule has 0 radical (unpaired) electrons. The molecule has 0 N–H and O–H groups in total. The smallest absolute Gasteiger partial charge is 0.335 e. The molecule has 0 spiro atoms. The van der Waals surface area contributed by atoms with E-state index in [1.807, 2.05) is 0 Å². The molecule has 1 heterocycles. The molecule has 12 heavy (non-hydrogen) atoms. The van der Waals surface area contributed by atoms with Crippen LogP contribution in [0.15, 0.2) is 18.3 Å². The van der Waals surface area contributed by atoms with E-state index in [4.69, 9.17) is 0 Å². The summed E-state index contributed by atoms with van der Waals surface area (Å²) < 4.78 is 1.72. The number of aryl methyl sites for hydroxylation is 1. The minimum absolute atomic E-state index is 0. The predicted molar refractivity (Wildman–Crippen MR) is 39.0 cm³/mol. The molecule has 0 bridgehead atoms. The second kappa shape index (κ2) is 4.34. The van der Waals surface area contributed by atoms with Crippen molar-refractivity contribution in [1.29, 1.82) is 0 Å². The minimum Gasteiger partial charge on any atom is -1.00 e. The summed E-state index contributed by atoms with van der Waals surface area (Å²) in [6.45, 7) is 1.72. The zero-order chi connectivity index (χ0) is 8.43. The van der Waals surface area contributed by atoms with E-state index in [1.165, 1.54) is 6.07 Å². The van der Waals surface area contributed by atoms with Crippen molar-refractivity contribution in [2.75, 3.05) is 0 Å².